The molecule has 0 bridgehead atoms. The number of nitrogen functional groups attached to an aromatic ring is 1. The third-order valence-electron chi connectivity index (χ3n) is 2.55. The third kappa shape index (κ3) is 4.46. The second-order valence-electron chi connectivity index (χ2n) is 4.45. The number of nitrogens with zero attached hydrogens (tertiary/aromatic N) is 3. The highest BCUT2D eigenvalue weighted by Crippen LogP contribution is 2.25. The van der Waals surface area contributed by atoms with Crippen LogP contribution in [0.5, 0.6) is 0 Å². The van der Waals surface area contributed by atoms with Crippen molar-refractivity contribution in [3.63, 3.8) is 0 Å². The molecular formula is C13H13Cl2N5OS. The fraction of sp³-hybridized carbons (Fsp3) is 0.231. The molecule has 1 amide bonds. The molecule has 1 atom stereocenters. The smallest absolute Gasteiger partial charge is 0.238 e. The summed E-state index contributed by atoms with van der Waals surface area (Å²) in [5.74, 6) is 0.351. The fourth-order valence-corrected chi connectivity index (χ4v) is 2.82. The van der Waals surface area contributed by atoms with Crippen molar-refractivity contribution < 1.29 is 4.79 Å². The van der Waals surface area contributed by atoms with E-state index >= 15 is 0 Å². The Kier molecular flexibility index (Phi) is 5.44. The Labute approximate surface area is 141 Å². The number of halogens is 2. The minimum Gasteiger partial charge on any atom is -0.384 e. The molecule has 0 unspecified atom stereocenters. The van der Waals surface area contributed by atoms with Crippen LogP contribution < -0.4 is 11.1 Å². The van der Waals surface area contributed by atoms with E-state index in [0.717, 1.165) is 5.69 Å². The summed E-state index contributed by atoms with van der Waals surface area (Å²) in [6, 6.07) is 3.17. The first kappa shape index (κ1) is 16.8. The van der Waals surface area contributed by atoms with Gasteiger partial charge in [0.1, 0.15) is 5.82 Å². The van der Waals surface area contributed by atoms with Crippen LogP contribution in [-0.2, 0) is 4.79 Å². The van der Waals surface area contributed by atoms with Gasteiger partial charge in [0.15, 0.2) is 11.0 Å². The normalized spacial score (nSPS) is 12.0. The van der Waals surface area contributed by atoms with Gasteiger partial charge in [-0.1, -0.05) is 35.0 Å². The monoisotopic (exact) mass is 357 g/mol. The molecule has 0 saturated heterocycles. The highest BCUT2D eigenvalue weighted by atomic mass is 35.5. The molecule has 2 aromatic heterocycles. The minimum absolute atomic E-state index is 0.258. The number of anilines is 2. The maximum Gasteiger partial charge on any atom is 0.238 e. The van der Waals surface area contributed by atoms with Gasteiger partial charge in [0, 0.05) is 18.0 Å². The van der Waals surface area contributed by atoms with Crippen LogP contribution in [0.1, 0.15) is 12.6 Å². The molecule has 6 nitrogen and oxygen atoms in total. The number of carbonyl (C=O) groups is 1. The lowest BCUT2D eigenvalue weighted by Gasteiger charge is -2.12. The van der Waals surface area contributed by atoms with Gasteiger partial charge in [-0.2, -0.15) is 0 Å². The van der Waals surface area contributed by atoms with Crippen LogP contribution in [0.2, 0.25) is 10.0 Å². The Hall–Kier alpha value is -1.57. The Balaban J connectivity index is 2.05. The number of aryl methyl sites for hydroxylation is 1. The molecular weight excluding hydrogens is 345 g/mol. The topological polar surface area (TPSA) is 93.8 Å². The first-order chi connectivity index (χ1) is 10.3. The molecule has 0 aliphatic heterocycles. The first-order valence-corrected chi connectivity index (χ1v) is 7.88. The lowest BCUT2D eigenvalue weighted by Crippen LogP contribution is -2.23. The van der Waals surface area contributed by atoms with E-state index in [9.17, 15) is 4.79 Å². The van der Waals surface area contributed by atoms with E-state index in [1.165, 1.54) is 24.0 Å². The van der Waals surface area contributed by atoms with Gasteiger partial charge in [-0.05, 0) is 19.9 Å². The number of nitrogens with two attached hydrogens (primary N) is 1. The Bertz CT molecular complexity index is 693. The van der Waals surface area contributed by atoms with E-state index in [0.29, 0.717) is 16.0 Å². The highest BCUT2D eigenvalue weighted by Gasteiger charge is 2.18. The lowest BCUT2D eigenvalue weighted by molar-refractivity contribution is -0.115. The average Bonchev–Trinajstić information content (AvgIpc) is 2.40. The number of rotatable bonds is 4. The zero-order valence-electron chi connectivity index (χ0n) is 11.8. The number of carbonyl (C=O) groups excluding carboxylic acids is 1. The average molecular weight is 358 g/mol. The van der Waals surface area contributed by atoms with E-state index in [2.05, 4.69) is 20.3 Å². The molecule has 9 heteroatoms. The quantitative estimate of drug-likeness (QED) is 0.644. The molecule has 3 N–H and O–H groups in total. The summed E-state index contributed by atoms with van der Waals surface area (Å²) in [5, 5.41) is 3.30. The van der Waals surface area contributed by atoms with Gasteiger partial charge in [-0.15, -0.1) is 0 Å². The Morgan fingerprint density at radius 3 is 2.73 bits per heavy atom. The first-order valence-electron chi connectivity index (χ1n) is 6.25. The van der Waals surface area contributed by atoms with E-state index in [1.54, 1.807) is 13.0 Å². The summed E-state index contributed by atoms with van der Waals surface area (Å²) in [7, 11) is 0. The number of thioether (sulfide) groups is 1. The van der Waals surface area contributed by atoms with E-state index in [-0.39, 0.29) is 16.7 Å². The largest absolute Gasteiger partial charge is 0.384 e. The van der Waals surface area contributed by atoms with E-state index in [1.807, 2.05) is 6.92 Å². The molecule has 0 saturated carbocycles. The number of nitrogens with one attached hydrogen (secondary N) is 1. The zero-order chi connectivity index (χ0) is 16.3. The van der Waals surface area contributed by atoms with Gasteiger partial charge >= 0.3 is 0 Å². The summed E-state index contributed by atoms with van der Waals surface area (Å²) in [6.45, 7) is 3.54. The van der Waals surface area contributed by atoms with Crippen LogP contribution in [0.3, 0.4) is 0 Å². The van der Waals surface area contributed by atoms with Crippen LogP contribution >= 0.6 is 35.0 Å². The molecule has 0 fully saturated rings. The van der Waals surface area contributed by atoms with Crippen molar-refractivity contribution >= 4 is 52.5 Å². The second-order valence-corrected chi connectivity index (χ2v) is 6.60. The molecule has 2 heterocycles. The summed E-state index contributed by atoms with van der Waals surface area (Å²) < 4.78 is 0. The molecule has 0 aromatic carbocycles. The fourth-order valence-electron chi connectivity index (χ4n) is 1.55. The molecule has 0 aliphatic rings. The number of hydrogen-bond acceptors (Lipinski definition) is 6. The summed E-state index contributed by atoms with van der Waals surface area (Å²) in [4.78, 5) is 24.5. The second kappa shape index (κ2) is 7.13. The van der Waals surface area contributed by atoms with Crippen molar-refractivity contribution in [3.8, 4) is 0 Å². The number of hydrogen-bond donors (Lipinski definition) is 2. The number of aromatic nitrogens is 3. The van der Waals surface area contributed by atoms with Gasteiger partial charge in [0.25, 0.3) is 0 Å². The van der Waals surface area contributed by atoms with Crippen molar-refractivity contribution in [2.75, 3.05) is 11.1 Å². The highest BCUT2D eigenvalue weighted by molar-refractivity contribution is 8.00. The number of amides is 1. The van der Waals surface area contributed by atoms with Crippen molar-refractivity contribution in [2.45, 2.75) is 24.3 Å². The molecule has 0 radical (unpaired) electrons. The molecule has 0 spiro atoms. The summed E-state index contributed by atoms with van der Waals surface area (Å²) >= 11 is 12.9. The molecule has 2 aromatic rings. The van der Waals surface area contributed by atoms with Crippen LogP contribution in [0.4, 0.5) is 11.6 Å². The van der Waals surface area contributed by atoms with Crippen molar-refractivity contribution in [1.82, 2.24) is 15.0 Å². The zero-order valence-corrected chi connectivity index (χ0v) is 14.1. The van der Waals surface area contributed by atoms with Crippen molar-refractivity contribution in [1.29, 1.82) is 0 Å². The predicted molar refractivity (Wildman–Crippen MR) is 89.4 cm³/mol. The van der Waals surface area contributed by atoms with Crippen LogP contribution in [-0.4, -0.2) is 26.1 Å². The number of pyridine rings is 1. The van der Waals surface area contributed by atoms with Gasteiger partial charge in [-0.3, -0.25) is 4.79 Å². The van der Waals surface area contributed by atoms with Crippen LogP contribution in [0, 0.1) is 6.92 Å². The minimum atomic E-state index is -0.449. The van der Waals surface area contributed by atoms with Crippen LogP contribution in [0.15, 0.2) is 23.5 Å². The standard InChI is InChI=1S/C13H13Cl2N5OS/c1-6-3-10(16)19-13(18-6)22-7(2)12(21)20-11-9(15)4-8(14)5-17-11/h3-5,7H,1-2H3,(H2,16,18,19)(H,17,20,21)/t7-/m0/s1. The van der Waals surface area contributed by atoms with Crippen molar-refractivity contribution in [2.24, 2.45) is 0 Å². The Morgan fingerprint density at radius 1 is 1.36 bits per heavy atom. The van der Waals surface area contributed by atoms with Gasteiger partial charge < -0.3 is 11.1 Å². The van der Waals surface area contributed by atoms with Gasteiger partial charge in [-0.25, -0.2) is 15.0 Å². The maximum atomic E-state index is 12.2. The predicted octanol–water partition coefficient (Wildman–Crippen LogP) is 3.19. The molecule has 0 aliphatic carbocycles. The third-order valence-corrected chi connectivity index (χ3v) is 4.01. The SMILES string of the molecule is Cc1cc(N)nc(S[C@@H](C)C(=O)Nc2ncc(Cl)cc2Cl)n1. The summed E-state index contributed by atoms with van der Waals surface area (Å²) in [6.07, 6.45) is 1.41. The van der Waals surface area contributed by atoms with Gasteiger partial charge in [0.2, 0.25) is 5.91 Å². The maximum absolute atomic E-state index is 12.2. The summed E-state index contributed by atoms with van der Waals surface area (Å²) in [5.41, 5.74) is 6.40. The van der Waals surface area contributed by atoms with Crippen molar-refractivity contribution in [3.05, 3.63) is 34.1 Å². The molecule has 116 valence electrons. The molecule has 2 rings (SSSR count). The van der Waals surface area contributed by atoms with Gasteiger partial charge in [0.05, 0.1) is 15.3 Å². The lowest BCUT2D eigenvalue weighted by atomic mass is 10.4. The van der Waals surface area contributed by atoms with E-state index < -0.39 is 5.25 Å². The van der Waals surface area contributed by atoms with E-state index in [4.69, 9.17) is 28.9 Å². The molecule has 22 heavy (non-hydrogen) atoms. The Morgan fingerprint density at radius 2 is 2.09 bits per heavy atom. The van der Waals surface area contributed by atoms with Crippen LogP contribution in [0.25, 0.3) is 0 Å².